The van der Waals surface area contributed by atoms with Gasteiger partial charge in [0.1, 0.15) is 0 Å². The van der Waals surface area contributed by atoms with Crippen LogP contribution < -0.4 is 0 Å². The molecule has 1 spiro atoms. The number of hydrogen-bond donors (Lipinski definition) is 0. The summed E-state index contributed by atoms with van der Waals surface area (Å²) >= 11 is 0. The van der Waals surface area contributed by atoms with Gasteiger partial charge in [-0.25, -0.2) is 0 Å². The molecule has 3 heterocycles. The molecule has 2 unspecified atom stereocenters. The van der Waals surface area contributed by atoms with Crippen molar-refractivity contribution in [2.75, 3.05) is 26.3 Å². The molecule has 3 rings (SSSR count). The molecule has 114 valence electrons. The SMILES string of the molecule is C=CCOC1COC2(CCCN(Cc3ccncc3)C2)C1. The van der Waals surface area contributed by atoms with E-state index in [2.05, 4.69) is 28.6 Å². The van der Waals surface area contributed by atoms with Crippen LogP contribution in [0.1, 0.15) is 24.8 Å². The predicted molar refractivity (Wildman–Crippen MR) is 82.0 cm³/mol. The van der Waals surface area contributed by atoms with Crippen LogP contribution in [-0.4, -0.2) is 47.9 Å². The van der Waals surface area contributed by atoms with E-state index >= 15 is 0 Å². The van der Waals surface area contributed by atoms with Crippen LogP contribution in [0.5, 0.6) is 0 Å². The molecule has 2 saturated heterocycles. The average molecular weight is 288 g/mol. The smallest absolute Gasteiger partial charge is 0.0841 e. The van der Waals surface area contributed by atoms with Crippen molar-refractivity contribution in [3.05, 3.63) is 42.7 Å². The highest BCUT2D eigenvalue weighted by Gasteiger charge is 2.43. The van der Waals surface area contributed by atoms with Crippen molar-refractivity contribution in [3.8, 4) is 0 Å². The van der Waals surface area contributed by atoms with E-state index in [0.717, 1.165) is 39.1 Å². The van der Waals surface area contributed by atoms with Gasteiger partial charge in [0.05, 0.1) is 24.9 Å². The first-order chi connectivity index (χ1) is 10.3. The molecule has 0 aromatic carbocycles. The molecule has 4 heteroatoms. The van der Waals surface area contributed by atoms with Crippen LogP contribution in [0.2, 0.25) is 0 Å². The molecule has 0 aliphatic carbocycles. The molecular formula is C17H24N2O2. The number of likely N-dealkylation sites (tertiary alicyclic amines) is 1. The van der Waals surface area contributed by atoms with Crippen molar-refractivity contribution in [1.82, 2.24) is 9.88 Å². The summed E-state index contributed by atoms with van der Waals surface area (Å²) in [5, 5.41) is 0. The Balaban J connectivity index is 1.57. The Kier molecular flexibility index (Phi) is 4.68. The first-order valence-corrected chi connectivity index (χ1v) is 7.77. The van der Waals surface area contributed by atoms with Gasteiger partial charge in [-0.05, 0) is 37.1 Å². The molecule has 2 atom stereocenters. The fraction of sp³-hybridized carbons (Fsp3) is 0.588. The monoisotopic (exact) mass is 288 g/mol. The molecule has 0 bridgehead atoms. The Morgan fingerprint density at radius 3 is 3.14 bits per heavy atom. The van der Waals surface area contributed by atoms with Gasteiger partial charge < -0.3 is 9.47 Å². The molecule has 21 heavy (non-hydrogen) atoms. The third-order valence-corrected chi connectivity index (χ3v) is 4.40. The zero-order chi connectivity index (χ0) is 14.5. The van der Waals surface area contributed by atoms with Crippen molar-refractivity contribution in [2.24, 2.45) is 0 Å². The summed E-state index contributed by atoms with van der Waals surface area (Å²) in [7, 11) is 0. The lowest BCUT2D eigenvalue weighted by atomic mass is 9.89. The molecule has 0 saturated carbocycles. The molecule has 1 aromatic rings. The second-order valence-corrected chi connectivity index (χ2v) is 6.11. The standard InChI is InChI=1S/C17H24N2O2/c1-2-10-20-16-11-17(21-13-16)6-3-9-19(14-17)12-15-4-7-18-8-5-15/h2,4-5,7-8,16H,1,3,6,9-14H2. The Morgan fingerprint density at radius 1 is 1.48 bits per heavy atom. The quantitative estimate of drug-likeness (QED) is 0.779. The normalized spacial score (nSPS) is 29.8. The van der Waals surface area contributed by atoms with E-state index < -0.39 is 0 Å². The fourth-order valence-electron chi connectivity index (χ4n) is 3.47. The predicted octanol–water partition coefficient (Wildman–Crippen LogP) is 2.41. The molecule has 0 amide bonds. The maximum Gasteiger partial charge on any atom is 0.0841 e. The highest BCUT2D eigenvalue weighted by atomic mass is 16.6. The van der Waals surface area contributed by atoms with Gasteiger partial charge in [-0.15, -0.1) is 6.58 Å². The Bertz CT molecular complexity index is 465. The summed E-state index contributed by atoms with van der Waals surface area (Å²) in [5.74, 6) is 0. The largest absolute Gasteiger partial charge is 0.372 e. The van der Waals surface area contributed by atoms with Gasteiger partial charge in [-0.1, -0.05) is 6.08 Å². The van der Waals surface area contributed by atoms with Crippen molar-refractivity contribution < 1.29 is 9.47 Å². The van der Waals surface area contributed by atoms with E-state index in [-0.39, 0.29) is 11.7 Å². The van der Waals surface area contributed by atoms with Gasteiger partial charge in [-0.2, -0.15) is 0 Å². The summed E-state index contributed by atoms with van der Waals surface area (Å²) in [6.07, 6.45) is 9.10. The maximum absolute atomic E-state index is 6.15. The highest BCUT2D eigenvalue weighted by molar-refractivity contribution is 5.10. The minimum absolute atomic E-state index is 0.00286. The van der Waals surface area contributed by atoms with Crippen molar-refractivity contribution in [1.29, 1.82) is 0 Å². The number of nitrogens with zero attached hydrogens (tertiary/aromatic N) is 2. The lowest BCUT2D eigenvalue weighted by Crippen LogP contribution is -2.47. The van der Waals surface area contributed by atoms with Crippen molar-refractivity contribution in [2.45, 2.75) is 37.5 Å². The number of aromatic nitrogens is 1. The van der Waals surface area contributed by atoms with E-state index in [9.17, 15) is 0 Å². The fourth-order valence-corrected chi connectivity index (χ4v) is 3.47. The minimum atomic E-state index is -0.00286. The third kappa shape index (κ3) is 3.70. The van der Waals surface area contributed by atoms with E-state index in [1.54, 1.807) is 0 Å². The molecule has 1 aromatic heterocycles. The van der Waals surface area contributed by atoms with E-state index in [0.29, 0.717) is 6.61 Å². The molecule has 2 aliphatic heterocycles. The van der Waals surface area contributed by atoms with Crippen LogP contribution in [0.15, 0.2) is 37.2 Å². The van der Waals surface area contributed by atoms with Crippen LogP contribution in [0.4, 0.5) is 0 Å². The first kappa shape index (κ1) is 14.7. The zero-order valence-corrected chi connectivity index (χ0v) is 12.5. The van der Waals surface area contributed by atoms with E-state index in [1.807, 2.05) is 18.5 Å². The van der Waals surface area contributed by atoms with Crippen LogP contribution in [0, 0.1) is 0 Å². The molecular weight excluding hydrogens is 264 g/mol. The summed E-state index contributed by atoms with van der Waals surface area (Å²) in [6.45, 7) is 8.17. The molecule has 2 fully saturated rings. The lowest BCUT2D eigenvalue weighted by Gasteiger charge is -2.39. The molecule has 4 nitrogen and oxygen atoms in total. The van der Waals surface area contributed by atoms with Gasteiger partial charge in [0.15, 0.2) is 0 Å². The topological polar surface area (TPSA) is 34.6 Å². The van der Waals surface area contributed by atoms with Gasteiger partial charge in [0, 0.05) is 31.9 Å². The van der Waals surface area contributed by atoms with E-state index in [4.69, 9.17) is 9.47 Å². The minimum Gasteiger partial charge on any atom is -0.372 e. The summed E-state index contributed by atoms with van der Waals surface area (Å²) < 4.78 is 11.9. The van der Waals surface area contributed by atoms with Crippen molar-refractivity contribution >= 4 is 0 Å². The Morgan fingerprint density at radius 2 is 2.33 bits per heavy atom. The first-order valence-electron chi connectivity index (χ1n) is 7.77. The second kappa shape index (κ2) is 6.69. The number of rotatable bonds is 5. The number of pyridine rings is 1. The number of hydrogen-bond acceptors (Lipinski definition) is 4. The zero-order valence-electron chi connectivity index (χ0n) is 12.5. The Hall–Kier alpha value is -1.23. The number of ether oxygens (including phenoxy) is 2. The lowest BCUT2D eigenvalue weighted by molar-refractivity contribution is -0.0544. The molecule has 0 radical (unpaired) electrons. The van der Waals surface area contributed by atoms with Crippen LogP contribution >= 0.6 is 0 Å². The molecule has 2 aliphatic rings. The summed E-state index contributed by atoms with van der Waals surface area (Å²) in [6, 6.07) is 4.18. The van der Waals surface area contributed by atoms with Crippen LogP contribution in [0.3, 0.4) is 0 Å². The Labute approximate surface area is 126 Å². The maximum atomic E-state index is 6.15. The summed E-state index contributed by atoms with van der Waals surface area (Å²) in [5.41, 5.74) is 1.32. The van der Waals surface area contributed by atoms with Gasteiger partial charge in [0.2, 0.25) is 0 Å². The van der Waals surface area contributed by atoms with Gasteiger partial charge in [0.25, 0.3) is 0 Å². The average Bonchev–Trinajstić information content (AvgIpc) is 2.89. The van der Waals surface area contributed by atoms with Crippen molar-refractivity contribution in [3.63, 3.8) is 0 Å². The highest BCUT2D eigenvalue weighted by Crippen LogP contribution is 2.36. The van der Waals surface area contributed by atoms with Gasteiger partial charge in [-0.3, -0.25) is 9.88 Å². The second-order valence-electron chi connectivity index (χ2n) is 6.11. The van der Waals surface area contributed by atoms with Crippen LogP contribution in [-0.2, 0) is 16.0 Å². The van der Waals surface area contributed by atoms with Gasteiger partial charge >= 0.3 is 0 Å². The van der Waals surface area contributed by atoms with E-state index in [1.165, 1.54) is 12.0 Å². The summed E-state index contributed by atoms with van der Waals surface area (Å²) in [4.78, 5) is 6.57. The molecule has 0 N–H and O–H groups in total. The third-order valence-electron chi connectivity index (χ3n) is 4.40. The number of piperidine rings is 1. The van der Waals surface area contributed by atoms with Crippen LogP contribution in [0.25, 0.3) is 0 Å².